The highest BCUT2D eigenvalue weighted by molar-refractivity contribution is 5.76. The molecule has 0 aliphatic heterocycles. The monoisotopic (exact) mass is 251 g/mol. The molecular weight excluding hydrogens is 234 g/mol. The van der Waals surface area contributed by atoms with Crippen LogP contribution in [0.1, 0.15) is 16.7 Å². The van der Waals surface area contributed by atoms with Crippen molar-refractivity contribution < 1.29 is 0 Å². The van der Waals surface area contributed by atoms with Crippen LogP contribution in [0.5, 0.6) is 0 Å². The molecule has 0 fully saturated rings. The number of imidazole rings is 1. The van der Waals surface area contributed by atoms with Crippen LogP contribution in [0.4, 0.5) is 5.69 Å². The third-order valence-corrected chi connectivity index (χ3v) is 3.55. The van der Waals surface area contributed by atoms with Crippen LogP contribution in [0, 0.1) is 6.92 Å². The van der Waals surface area contributed by atoms with Gasteiger partial charge in [0.2, 0.25) is 0 Å². The maximum atomic E-state index is 5.79. The maximum Gasteiger partial charge on any atom is 0.0955 e. The molecule has 96 valence electrons. The number of aryl methyl sites for hydroxylation is 2. The van der Waals surface area contributed by atoms with Crippen molar-refractivity contribution >= 4 is 16.7 Å². The molecule has 3 nitrogen and oxygen atoms in total. The van der Waals surface area contributed by atoms with E-state index in [4.69, 9.17) is 5.73 Å². The van der Waals surface area contributed by atoms with Gasteiger partial charge in [-0.1, -0.05) is 12.1 Å². The number of anilines is 1. The van der Waals surface area contributed by atoms with Crippen molar-refractivity contribution in [3.8, 4) is 0 Å². The molecule has 2 N–H and O–H groups in total. The topological polar surface area (TPSA) is 43.8 Å². The van der Waals surface area contributed by atoms with Crippen molar-refractivity contribution in [2.75, 3.05) is 5.73 Å². The van der Waals surface area contributed by atoms with Gasteiger partial charge in [-0.05, 0) is 54.3 Å². The van der Waals surface area contributed by atoms with Crippen LogP contribution in [-0.4, -0.2) is 9.55 Å². The number of nitrogens with two attached hydrogens (primary N) is 1. The molecule has 3 rings (SSSR count). The lowest BCUT2D eigenvalue weighted by atomic mass is 10.00. The minimum Gasteiger partial charge on any atom is -0.399 e. The Kier molecular flexibility index (Phi) is 2.75. The largest absolute Gasteiger partial charge is 0.399 e. The summed E-state index contributed by atoms with van der Waals surface area (Å²) in [5.41, 5.74) is 12.6. The fraction of sp³-hybridized carbons (Fsp3) is 0.188. The minimum atomic E-state index is 0.821. The van der Waals surface area contributed by atoms with Gasteiger partial charge < -0.3 is 10.3 Å². The van der Waals surface area contributed by atoms with E-state index in [9.17, 15) is 0 Å². The van der Waals surface area contributed by atoms with Crippen LogP contribution in [0.3, 0.4) is 0 Å². The summed E-state index contributed by atoms with van der Waals surface area (Å²) in [6, 6.07) is 12.5. The molecule has 1 aromatic heterocycles. The van der Waals surface area contributed by atoms with Gasteiger partial charge >= 0.3 is 0 Å². The highest BCUT2D eigenvalue weighted by Gasteiger charge is 2.04. The van der Waals surface area contributed by atoms with Gasteiger partial charge in [-0.25, -0.2) is 4.98 Å². The summed E-state index contributed by atoms with van der Waals surface area (Å²) in [5.74, 6) is 0. The fourth-order valence-corrected chi connectivity index (χ4v) is 2.43. The van der Waals surface area contributed by atoms with Gasteiger partial charge in [-0.15, -0.1) is 0 Å². The standard InChI is InChI=1S/C16H17N3/c1-11-7-14(17)5-4-13(11)8-12-3-6-16-15(9-12)18-10-19(16)2/h3-7,9-10H,8,17H2,1-2H3. The van der Waals surface area contributed by atoms with Gasteiger partial charge in [0.25, 0.3) is 0 Å². The van der Waals surface area contributed by atoms with Gasteiger partial charge in [0.05, 0.1) is 17.4 Å². The Bertz CT molecular complexity index is 741. The second-order valence-corrected chi connectivity index (χ2v) is 5.04. The number of hydrogen-bond acceptors (Lipinski definition) is 2. The molecule has 0 amide bonds. The summed E-state index contributed by atoms with van der Waals surface area (Å²) >= 11 is 0. The van der Waals surface area contributed by atoms with E-state index in [1.54, 1.807) is 0 Å². The van der Waals surface area contributed by atoms with E-state index >= 15 is 0 Å². The summed E-state index contributed by atoms with van der Waals surface area (Å²) in [6.07, 6.45) is 2.77. The van der Waals surface area contributed by atoms with Crippen molar-refractivity contribution in [1.29, 1.82) is 0 Å². The van der Waals surface area contributed by atoms with Crippen LogP contribution in [0.15, 0.2) is 42.7 Å². The smallest absolute Gasteiger partial charge is 0.0955 e. The summed E-state index contributed by atoms with van der Waals surface area (Å²) in [4.78, 5) is 4.40. The Balaban J connectivity index is 1.96. The molecule has 2 aromatic carbocycles. The minimum absolute atomic E-state index is 0.821. The third kappa shape index (κ3) is 2.19. The molecule has 0 aliphatic carbocycles. The maximum absolute atomic E-state index is 5.79. The second-order valence-electron chi connectivity index (χ2n) is 5.04. The van der Waals surface area contributed by atoms with Crippen LogP contribution in [-0.2, 0) is 13.5 Å². The Morgan fingerprint density at radius 2 is 2.00 bits per heavy atom. The SMILES string of the molecule is Cc1cc(N)ccc1Cc1ccc2c(c1)ncn2C. The molecule has 0 bridgehead atoms. The predicted octanol–water partition coefficient (Wildman–Crippen LogP) is 3.05. The summed E-state index contributed by atoms with van der Waals surface area (Å²) in [7, 11) is 2.01. The number of aromatic nitrogens is 2. The Hall–Kier alpha value is -2.29. The molecule has 3 aromatic rings. The Morgan fingerprint density at radius 1 is 1.16 bits per heavy atom. The highest BCUT2D eigenvalue weighted by atomic mass is 15.0. The Labute approximate surface area is 112 Å². The highest BCUT2D eigenvalue weighted by Crippen LogP contribution is 2.19. The molecule has 0 saturated heterocycles. The third-order valence-electron chi connectivity index (χ3n) is 3.55. The van der Waals surface area contributed by atoms with Crippen molar-refractivity contribution in [3.63, 3.8) is 0 Å². The molecule has 0 radical (unpaired) electrons. The van der Waals surface area contributed by atoms with Crippen LogP contribution < -0.4 is 5.73 Å². The lowest BCUT2D eigenvalue weighted by Crippen LogP contribution is -1.94. The average Bonchev–Trinajstić information content (AvgIpc) is 2.74. The van der Waals surface area contributed by atoms with Crippen molar-refractivity contribution in [3.05, 3.63) is 59.4 Å². The fourth-order valence-electron chi connectivity index (χ4n) is 2.43. The zero-order chi connectivity index (χ0) is 13.4. The number of benzene rings is 2. The van der Waals surface area contributed by atoms with Gasteiger partial charge in [0.1, 0.15) is 0 Å². The number of nitrogens with zero attached hydrogens (tertiary/aromatic N) is 2. The lowest BCUT2D eigenvalue weighted by Gasteiger charge is -2.07. The number of hydrogen-bond donors (Lipinski definition) is 1. The molecule has 0 aliphatic rings. The first kappa shape index (κ1) is 11.8. The second kappa shape index (κ2) is 4.43. The van der Waals surface area contributed by atoms with E-state index in [-0.39, 0.29) is 0 Å². The number of fused-ring (bicyclic) bond motifs is 1. The number of nitrogen functional groups attached to an aromatic ring is 1. The van der Waals surface area contributed by atoms with E-state index in [1.165, 1.54) is 16.7 Å². The molecule has 0 spiro atoms. The van der Waals surface area contributed by atoms with Crippen LogP contribution in [0.2, 0.25) is 0 Å². The quantitative estimate of drug-likeness (QED) is 0.711. The van der Waals surface area contributed by atoms with Crippen molar-refractivity contribution in [1.82, 2.24) is 9.55 Å². The number of rotatable bonds is 2. The summed E-state index contributed by atoms with van der Waals surface area (Å²) < 4.78 is 2.04. The Morgan fingerprint density at radius 3 is 2.79 bits per heavy atom. The summed E-state index contributed by atoms with van der Waals surface area (Å²) in [5, 5.41) is 0. The average molecular weight is 251 g/mol. The first-order valence-corrected chi connectivity index (χ1v) is 6.38. The van der Waals surface area contributed by atoms with E-state index in [0.29, 0.717) is 0 Å². The van der Waals surface area contributed by atoms with Gasteiger partial charge in [0.15, 0.2) is 0 Å². The van der Waals surface area contributed by atoms with Crippen LogP contribution in [0.25, 0.3) is 11.0 Å². The molecule has 19 heavy (non-hydrogen) atoms. The molecule has 0 atom stereocenters. The zero-order valence-electron chi connectivity index (χ0n) is 11.2. The van der Waals surface area contributed by atoms with Gasteiger partial charge in [-0.3, -0.25) is 0 Å². The van der Waals surface area contributed by atoms with E-state index in [2.05, 4.69) is 36.2 Å². The molecular formula is C16H17N3. The van der Waals surface area contributed by atoms with Crippen LogP contribution >= 0.6 is 0 Å². The molecule has 0 saturated carbocycles. The normalized spacial score (nSPS) is 11.1. The molecule has 0 unspecified atom stereocenters. The predicted molar refractivity (Wildman–Crippen MR) is 79.1 cm³/mol. The van der Waals surface area contributed by atoms with Gasteiger partial charge in [-0.2, -0.15) is 0 Å². The van der Waals surface area contributed by atoms with Gasteiger partial charge in [0, 0.05) is 12.7 Å². The first-order valence-electron chi connectivity index (χ1n) is 6.38. The first-order chi connectivity index (χ1) is 9.13. The summed E-state index contributed by atoms with van der Waals surface area (Å²) in [6.45, 7) is 2.10. The van der Waals surface area contributed by atoms with Crippen molar-refractivity contribution in [2.45, 2.75) is 13.3 Å². The molecule has 3 heteroatoms. The zero-order valence-corrected chi connectivity index (χ0v) is 11.2. The van der Waals surface area contributed by atoms with E-state index in [0.717, 1.165) is 23.1 Å². The lowest BCUT2D eigenvalue weighted by molar-refractivity contribution is 0.947. The van der Waals surface area contributed by atoms with Crippen molar-refractivity contribution in [2.24, 2.45) is 7.05 Å². The van der Waals surface area contributed by atoms with E-state index in [1.807, 2.05) is 30.1 Å². The molecule has 1 heterocycles. The van der Waals surface area contributed by atoms with E-state index < -0.39 is 0 Å².